The number of nitrogens with zero attached hydrogens (tertiary/aromatic N) is 1. The molecule has 1 aliphatic rings. The molecule has 1 aliphatic heterocycles. The second-order valence-electron chi connectivity index (χ2n) is 4.81. The fraction of sp³-hybridized carbons (Fsp3) is 0.429. The fourth-order valence-corrected chi connectivity index (χ4v) is 3.01. The van der Waals surface area contributed by atoms with Gasteiger partial charge in [0.05, 0.1) is 18.4 Å². The first kappa shape index (κ1) is 14.1. The van der Waals surface area contributed by atoms with Gasteiger partial charge in [-0.2, -0.15) is 0 Å². The molecule has 0 atom stereocenters. The number of esters is 1. The number of carbonyl (C=O) groups is 2. The Kier molecular flexibility index (Phi) is 3.94. The number of halogens is 1. The molecule has 19 heavy (non-hydrogen) atoms. The Balaban J connectivity index is 2.59. The van der Waals surface area contributed by atoms with E-state index in [9.17, 15) is 9.59 Å². The van der Waals surface area contributed by atoms with Gasteiger partial charge in [-0.1, -0.05) is 0 Å². The molecule has 0 N–H and O–H groups in total. The molecule has 1 aromatic rings. The van der Waals surface area contributed by atoms with E-state index in [2.05, 4.69) is 34.7 Å². The van der Waals surface area contributed by atoms with E-state index in [0.717, 1.165) is 10.2 Å². The largest absolute Gasteiger partial charge is 0.465 e. The summed E-state index contributed by atoms with van der Waals surface area (Å²) < 4.78 is 5.46. The zero-order valence-electron chi connectivity index (χ0n) is 11.2. The maximum Gasteiger partial charge on any atom is 0.337 e. The first-order valence-corrected chi connectivity index (χ1v) is 6.96. The van der Waals surface area contributed by atoms with Crippen molar-refractivity contribution in [3.63, 3.8) is 0 Å². The van der Waals surface area contributed by atoms with Crippen LogP contribution in [0.4, 0.5) is 5.69 Å². The lowest BCUT2D eigenvalue weighted by Gasteiger charge is -2.35. The maximum atomic E-state index is 12.1. The molecule has 0 unspecified atom stereocenters. The number of rotatable bonds is 2. The number of ketones is 1. The highest BCUT2D eigenvalue weighted by atomic mass is 79.9. The minimum atomic E-state index is -0.432. The van der Waals surface area contributed by atoms with Crippen LogP contribution in [-0.2, 0) is 4.74 Å². The molecule has 2 rings (SSSR count). The zero-order valence-corrected chi connectivity index (χ0v) is 12.8. The molecule has 0 aromatic heterocycles. The van der Waals surface area contributed by atoms with Crippen LogP contribution in [0.1, 0.15) is 41.0 Å². The normalized spacial score (nSPS) is 14.6. The Morgan fingerprint density at radius 2 is 2.11 bits per heavy atom. The highest BCUT2D eigenvalue weighted by molar-refractivity contribution is 9.10. The monoisotopic (exact) mass is 325 g/mol. The SMILES string of the molecule is COC(=O)c1cc(Br)c2c(c1)C(=O)CCN2C(C)C. The predicted molar refractivity (Wildman–Crippen MR) is 76.9 cm³/mol. The molecule has 0 bridgehead atoms. The van der Waals surface area contributed by atoms with Crippen molar-refractivity contribution in [3.05, 3.63) is 27.7 Å². The van der Waals surface area contributed by atoms with E-state index in [1.807, 2.05) is 0 Å². The molecule has 0 spiro atoms. The van der Waals surface area contributed by atoms with Crippen molar-refractivity contribution < 1.29 is 14.3 Å². The first-order valence-electron chi connectivity index (χ1n) is 6.17. The molecule has 0 radical (unpaired) electrons. The molecule has 0 saturated heterocycles. The van der Waals surface area contributed by atoms with Crippen LogP contribution in [0.2, 0.25) is 0 Å². The fourth-order valence-electron chi connectivity index (χ4n) is 2.32. The first-order chi connectivity index (χ1) is 8.95. The minimum Gasteiger partial charge on any atom is -0.465 e. The summed E-state index contributed by atoms with van der Waals surface area (Å²) in [6, 6.07) is 3.63. The number of anilines is 1. The molecule has 0 saturated carbocycles. The summed E-state index contributed by atoms with van der Waals surface area (Å²) in [5, 5.41) is 0. The molecule has 0 aliphatic carbocycles. The van der Waals surface area contributed by atoms with Crippen LogP contribution in [0, 0.1) is 0 Å². The van der Waals surface area contributed by atoms with Gasteiger partial charge in [0.1, 0.15) is 0 Å². The molecule has 1 aromatic carbocycles. The lowest BCUT2D eigenvalue weighted by molar-refractivity contribution is 0.0600. The predicted octanol–water partition coefficient (Wildman–Crippen LogP) is 3.04. The average molecular weight is 326 g/mol. The number of carbonyl (C=O) groups excluding carboxylic acids is 2. The number of fused-ring (bicyclic) bond motifs is 1. The molecule has 0 fully saturated rings. The summed E-state index contributed by atoms with van der Waals surface area (Å²) in [5.41, 5.74) is 1.86. The summed E-state index contributed by atoms with van der Waals surface area (Å²) in [4.78, 5) is 25.8. The van der Waals surface area contributed by atoms with Crippen LogP contribution in [0.3, 0.4) is 0 Å². The van der Waals surface area contributed by atoms with Crippen LogP contribution in [-0.4, -0.2) is 31.4 Å². The minimum absolute atomic E-state index is 0.0679. The van der Waals surface area contributed by atoms with Gasteiger partial charge < -0.3 is 9.64 Å². The van der Waals surface area contributed by atoms with E-state index in [4.69, 9.17) is 4.74 Å². The molecule has 102 valence electrons. The Morgan fingerprint density at radius 3 is 2.68 bits per heavy atom. The smallest absolute Gasteiger partial charge is 0.337 e. The highest BCUT2D eigenvalue weighted by Gasteiger charge is 2.28. The summed E-state index contributed by atoms with van der Waals surface area (Å²) in [7, 11) is 1.33. The number of ether oxygens (including phenoxy) is 1. The lowest BCUT2D eigenvalue weighted by atomic mass is 9.97. The van der Waals surface area contributed by atoms with Gasteiger partial charge in [-0.3, -0.25) is 4.79 Å². The van der Waals surface area contributed by atoms with E-state index >= 15 is 0 Å². The number of Topliss-reactive ketones (excluding diaryl/α,β-unsaturated/α-hetero) is 1. The number of hydrogen-bond acceptors (Lipinski definition) is 4. The van der Waals surface area contributed by atoms with Crippen LogP contribution >= 0.6 is 15.9 Å². The van der Waals surface area contributed by atoms with E-state index in [0.29, 0.717) is 30.1 Å². The summed E-state index contributed by atoms with van der Waals surface area (Å²) in [6.07, 6.45) is 0.474. The van der Waals surface area contributed by atoms with Crippen molar-refractivity contribution >= 4 is 33.4 Å². The van der Waals surface area contributed by atoms with Gasteiger partial charge in [0.15, 0.2) is 5.78 Å². The summed E-state index contributed by atoms with van der Waals surface area (Å²) in [5.74, 6) is -0.365. The van der Waals surface area contributed by atoms with Crippen LogP contribution in [0.25, 0.3) is 0 Å². The van der Waals surface area contributed by atoms with E-state index in [1.165, 1.54) is 7.11 Å². The molecule has 0 amide bonds. The third-order valence-corrected chi connectivity index (χ3v) is 3.88. The topological polar surface area (TPSA) is 46.6 Å². The van der Waals surface area contributed by atoms with Crippen molar-refractivity contribution in [1.82, 2.24) is 0 Å². The van der Waals surface area contributed by atoms with Crippen molar-refractivity contribution in [3.8, 4) is 0 Å². The lowest BCUT2D eigenvalue weighted by Crippen LogP contribution is -2.37. The van der Waals surface area contributed by atoms with Gasteiger partial charge in [-0.05, 0) is 41.9 Å². The van der Waals surface area contributed by atoms with Crippen LogP contribution in [0.5, 0.6) is 0 Å². The van der Waals surface area contributed by atoms with Crippen LogP contribution < -0.4 is 4.90 Å². The average Bonchev–Trinajstić information content (AvgIpc) is 2.38. The van der Waals surface area contributed by atoms with Gasteiger partial charge in [0.25, 0.3) is 0 Å². The van der Waals surface area contributed by atoms with Gasteiger partial charge in [-0.15, -0.1) is 0 Å². The quantitative estimate of drug-likeness (QED) is 0.784. The Bertz CT molecular complexity index is 540. The second kappa shape index (κ2) is 5.33. The van der Waals surface area contributed by atoms with Crippen molar-refractivity contribution in [2.45, 2.75) is 26.3 Å². The Labute approximate surface area is 120 Å². The molecule has 5 heteroatoms. The third kappa shape index (κ3) is 2.52. The van der Waals surface area contributed by atoms with Crippen LogP contribution in [0.15, 0.2) is 16.6 Å². The Hall–Kier alpha value is -1.36. The molecular formula is C14H16BrNO3. The van der Waals surface area contributed by atoms with Gasteiger partial charge in [-0.25, -0.2) is 4.79 Å². The summed E-state index contributed by atoms with van der Waals surface area (Å²) >= 11 is 3.46. The molecule has 1 heterocycles. The van der Waals surface area contributed by atoms with E-state index in [-0.39, 0.29) is 5.78 Å². The second-order valence-corrected chi connectivity index (χ2v) is 5.66. The highest BCUT2D eigenvalue weighted by Crippen LogP contribution is 2.36. The third-order valence-electron chi connectivity index (χ3n) is 3.28. The number of benzene rings is 1. The zero-order chi connectivity index (χ0) is 14.2. The van der Waals surface area contributed by atoms with Crippen molar-refractivity contribution in [1.29, 1.82) is 0 Å². The summed E-state index contributed by atoms with van der Waals surface area (Å²) in [6.45, 7) is 4.88. The number of methoxy groups -OCH3 is 1. The Morgan fingerprint density at radius 1 is 1.42 bits per heavy atom. The number of hydrogen-bond donors (Lipinski definition) is 0. The van der Waals surface area contributed by atoms with Crippen molar-refractivity contribution in [2.24, 2.45) is 0 Å². The molecule has 4 nitrogen and oxygen atoms in total. The maximum absolute atomic E-state index is 12.1. The molecular weight excluding hydrogens is 310 g/mol. The van der Waals surface area contributed by atoms with E-state index in [1.54, 1.807) is 12.1 Å². The standard InChI is InChI=1S/C14H16BrNO3/c1-8(2)16-5-4-12(17)10-6-9(14(18)19-3)7-11(15)13(10)16/h6-8H,4-5H2,1-3H3. The van der Waals surface area contributed by atoms with Gasteiger partial charge in [0, 0.05) is 29.0 Å². The van der Waals surface area contributed by atoms with E-state index < -0.39 is 5.97 Å². The van der Waals surface area contributed by atoms with Gasteiger partial charge in [0.2, 0.25) is 0 Å². The van der Waals surface area contributed by atoms with Gasteiger partial charge >= 0.3 is 5.97 Å². The van der Waals surface area contributed by atoms with Crippen molar-refractivity contribution in [2.75, 3.05) is 18.6 Å².